The van der Waals surface area contributed by atoms with Crippen LogP contribution in [0.4, 0.5) is 29.6 Å². The highest BCUT2D eigenvalue weighted by molar-refractivity contribution is 7.91. The second-order valence-electron chi connectivity index (χ2n) is 13.2. The number of anilines is 2. The third kappa shape index (κ3) is 8.50. The van der Waals surface area contributed by atoms with Crippen molar-refractivity contribution in [2.45, 2.75) is 77.1 Å². The normalized spacial score (nSPS) is 17.5. The lowest BCUT2D eigenvalue weighted by Crippen LogP contribution is -2.51. The van der Waals surface area contributed by atoms with Crippen molar-refractivity contribution in [2.75, 3.05) is 23.1 Å². The Morgan fingerprint density at radius 1 is 1.10 bits per heavy atom. The van der Waals surface area contributed by atoms with E-state index in [9.17, 15) is 26.8 Å². The number of rotatable bonds is 9. The number of hydrogen-bond acceptors (Lipinski definition) is 8. The van der Waals surface area contributed by atoms with Crippen molar-refractivity contribution in [1.29, 1.82) is 0 Å². The third-order valence-corrected chi connectivity index (χ3v) is 9.26. The molecule has 11 nitrogen and oxygen atoms in total. The van der Waals surface area contributed by atoms with Crippen LogP contribution in [-0.2, 0) is 20.5 Å². The molecule has 4 aromatic rings. The summed E-state index contributed by atoms with van der Waals surface area (Å²) in [6.07, 6.45) is 0.241. The standard InChI is InChI=1S/C34H39F3N6O5S/c1-6-20(2)43-30-23(16-38-32(40-30)39-25-15-24(35)17-42(18-25)33(45)48-34(3,4)5)13-26(31(43)44)21-11-12-29(28(37)14-21)41-49(46,47)19-22-9-7-8-10-27(22)36/h7-14,16,20,24-25,41H,6,15,17-19H2,1-5H3,(H,38,39,40)/t20-,24?,25?/m1/s1. The number of nitrogens with one attached hydrogen (secondary N) is 2. The summed E-state index contributed by atoms with van der Waals surface area (Å²) < 4.78 is 78.5. The zero-order valence-corrected chi connectivity index (χ0v) is 28.7. The van der Waals surface area contributed by atoms with E-state index in [-0.39, 0.29) is 53.9 Å². The third-order valence-electron chi connectivity index (χ3n) is 8.04. The molecule has 262 valence electrons. The van der Waals surface area contributed by atoms with Crippen LogP contribution < -0.4 is 15.6 Å². The lowest BCUT2D eigenvalue weighted by molar-refractivity contribution is 0.0124. The largest absolute Gasteiger partial charge is 0.444 e. The maximum absolute atomic E-state index is 15.3. The maximum Gasteiger partial charge on any atom is 0.410 e. The molecule has 0 bridgehead atoms. The van der Waals surface area contributed by atoms with E-state index in [0.29, 0.717) is 17.5 Å². The Labute approximate surface area is 282 Å². The molecule has 2 aromatic carbocycles. The van der Waals surface area contributed by atoms with Gasteiger partial charge < -0.3 is 15.0 Å². The smallest absolute Gasteiger partial charge is 0.410 e. The molecule has 1 aliphatic heterocycles. The summed E-state index contributed by atoms with van der Waals surface area (Å²) in [5.74, 6) is -2.19. The van der Waals surface area contributed by atoms with Gasteiger partial charge in [0.2, 0.25) is 16.0 Å². The molecule has 2 aromatic heterocycles. The minimum Gasteiger partial charge on any atom is -0.444 e. The van der Waals surface area contributed by atoms with Gasteiger partial charge in [-0.3, -0.25) is 14.1 Å². The van der Waals surface area contributed by atoms with Crippen LogP contribution in [0.5, 0.6) is 0 Å². The SMILES string of the molecule is CC[C@@H](C)n1c(=O)c(-c2ccc(NS(=O)(=O)Cc3ccccc3F)c(F)c2)cc2cnc(NC3CC(F)CN(C(=O)OC(C)(C)C)C3)nc21. The number of amides is 1. The second-order valence-corrected chi connectivity index (χ2v) is 14.9. The number of alkyl halides is 1. The van der Waals surface area contributed by atoms with Crippen molar-refractivity contribution in [1.82, 2.24) is 19.4 Å². The Morgan fingerprint density at radius 3 is 2.51 bits per heavy atom. The van der Waals surface area contributed by atoms with E-state index in [0.717, 1.165) is 12.1 Å². The zero-order valence-electron chi connectivity index (χ0n) is 27.8. The van der Waals surface area contributed by atoms with Gasteiger partial charge in [0.25, 0.3) is 5.56 Å². The summed E-state index contributed by atoms with van der Waals surface area (Å²) in [6, 6.07) is 9.73. The first kappa shape index (κ1) is 35.6. The molecule has 0 aliphatic carbocycles. The first-order valence-electron chi connectivity index (χ1n) is 15.9. The number of piperidine rings is 1. The monoisotopic (exact) mass is 700 g/mol. The molecular weight excluding hydrogens is 661 g/mol. The summed E-state index contributed by atoms with van der Waals surface area (Å²) in [6.45, 7) is 9.00. The molecule has 0 saturated carbocycles. The minimum absolute atomic E-state index is 0.0671. The van der Waals surface area contributed by atoms with Gasteiger partial charge in [0, 0.05) is 47.8 Å². The minimum atomic E-state index is -4.17. The molecule has 49 heavy (non-hydrogen) atoms. The van der Waals surface area contributed by atoms with Crippen molar-refractivity contribution < 1.29 is 31.1 Å². The van der Waals surface area contributed by atoms with Crippen LogP contribution in [0.15, 0.2) is 59.5 Å². The number of sulfonamides is 1. The molecule has 2 N–H and O–H groups in total. The topological polar surface area (TPSA) is 136 Å². The fourth-order valence-electron chi connectivity index (χ4n) is 5.58. The Bertz CT molecular complexity index is 2040. The van der Waals surface area contributed by atoms with Crippen LogP contribution in [0.1, 0.15) is 59.1 Å². The number of nitrogens with zero attached hydrogens (tertiary/aromatic N) is 4. The summed E-state index contributed by atoms with van der Waals surface area (Å²) in [5.41, 5.74) is -0.991. The van der Waals surface area contributed by atoms with Crippen molar-refractivity contribution in [3.63, 3.8) is 0 Å². The van der Waals surface area contributed by atoms with E-state index in [4.69, 9.17) is 4.74 Å². The van der Waals surface area contributed by atoms with Crippen LogP contribution in [0, 0.1) is 11.6 Å². The van der Waals surface area contributed by atoms with Gasteiger partial charge in [0.15, 0.2) is 0 Å². The number of hydrogen-bond donors (Lipinski definition) is 2. The molecule has 15 heteroatoms. The van der Waals surface area contributed by atoms with Crippen molar-refractivity contribution in [3.8, 4) is 11.1 Å². The first-order chi connectivity index (χ1) is 23.0. The molecule has 5 rings (SSSR count). The van der Waals surface area contributed by atoms with E-state index in [2.05, 4.69) is 20.0 Å². The van der Waals surface area contributed by atoms with Gasteiger partial charge in [0.1, 0.15) is 29.1 Å². The van der Waals surface area contributed by atoms with Gasteiger partial charge in [-0.25, -0.2) is 31.4 Å². The number of fused-ring (bicyclic) bond motifs is 1. The Morgan fingerprint density at radius 2 is 1.84 bits per heavy atom. The molecule has 3 atom stereocenters. The molecule has 1 fully saturated rings. The number of carbonyl (C=O) groups is 1. The highest BCUT2D eigenvalue weighted by Crippen LogP contribution is 2.28. The lowest BCUT2D eigenvalue weighted by atomic mass is 10.0. The van der Waals surface area contributed by atoms with Gasteiger partial charge in [-0.2, -0.15) is 4.98 Å². The molecule has 2 unspecified atom stereocenters. The molecule has 0 radical (unpaired) electrons. The predicted molar refractivity (Wildman–Crippen MR) is 182 cm³/mol. The molecular formula is C34H39F3N6O5S. The second kappa shape index (κ2) is 14.1. The number of likely N-dealkylation sites (tertiary alicyclic amines) is 1. The number of pyridine rings is 1. The Hall–Kier alpha value is -4.66. The van der Waals surface area contributed by atoms with Crippen molar-refractivity contribution >= 4 is 38.8 Å². The van der Waals surface area contributed by atoms with Crippen LogP contribution in [0.25, 0.3) is 22.2 Å². The average molecular weight is 701 g/mol. The van der Waals surface area contributed by atoms with Gasteiger partial charge in [-0.1, -0.05) is 31.2 Å². The van der Waals surface area contributed by atoms with Crippen LogP contribution in [-0.4, -0.2) is 64.9 Å². The molecule has 3 heterocycles. The Kier molecular flexibility index (Phi) is 10.2. The Balaban J connectivity index is 1.42. The maximum atomic E-state index is 15.3. The fourth-order valence-corrected chi connectivity index (χ4v) is 6.79. The average Bonchev–Trinajstić information content (AvgIpc) is 3.01. The number of benzene rings is 2. The first-order valence-corrected chi connectivity index (χ1v) is 17.5. The number of aromatic nitrogens is 3. The van der Waals surface area contributed by atoms with Crippen LogP contribution in [0.2, 0.25) is 0 Å². The lowest BCUT2D eigenvalue weighted by Gasteiger charge is -2.36. The summed E-state index contributed by atoms with van der Waals surface area (Å²) in [7, 11) is -4.17. The van der Waals surface area contributed by atoms with Crippen molar-refractivity contribution in [2.24, 2.45) is 0 Å². The summed E-state index contributed by atoms with van der Waals surface area (Å²) in [5, 5.41) is 3.57. The highest BCUT2D eigenvalue weighted by Gasteiger charge is 2.33. The van der Waals surface area contributed by atoms with Crippen molar-refractivity contribution in [3.05, 3.63) is 82.3 Å². The van der Waals surface area contributed by atoms with E-state index < -0.39 is 56.9 Å². The van der Waals surface area contributed by atoms with Gasteiger partial charge in [-0.05, 0) is 63.9 Å². The number of halogens is 3. The van der Waals surface area contributed by atoms with E-state index >= 15 is 4.39 Å². The number of carbonyl (C=O) groups excluding carboxylic acids is 1. The summed E-state index contributed by atoms with van der Waals surface area (Å²) >= 11 is 0. The predicted octanol–water partition coefficient (Wildman–Crippen LogP) is 6.41. The molecule has 1 saturated heterocycles. The van der Waals surface area contributed by atoms with Gasteiger partial charge >= 0.3 is 6.09 Å². The van der Waals surface area contributed by atoms with Crippen LogP contribution >= 0.6 is 0 Å². The zero-order chi connectivity index (χ0) is 35.7. The quantitative estimate of drug-likeness (QED) is 0.205. The highest BCUT2D eigenvalue weighted by atomic mass is 32.2. The van der Waals surface area contributed by atoms with E-state index in [1.165, 1.54) is 52.1 Å². The van der Waals surface area contributed by atoms with Crippen LogP contribution in [0.3, 0.4) is 0 Å². The van der Waals surface area contributed by atoms with E-state index in [1.807, 2.05) is 13.8 Å². The molecule has 1 amide bonds. The fraction of sp³-hybridized carbons (Fsp3) is 0.412. The van der Waals surface area contributed by atoms with Gasteiger partial charge in [0.05, 0.1) is 18.0 Å². The van der Waals surface area contributed by atoms with E-state index in [1.54, 1.807) is 20.8 Å². The molecule has 1 aliphatic rings. The summed E-state index contributed by atoms with van der Waals surface area (Å²) in [4.78, 5) is 36.8. The number of ether oxygens (including phenoxy) is 1. The molecule has 0 spiro atoms. The van der Waals surface area contributed by atoms with Gasteiger partial charge in [-0.15, -0.1) is 0 Å².